The molecule has 2 amide bonds. The van der Waals surface area contributed by atoms with E-state index < -0.39 is 18.0 Å². The molecule has 6 nitrogen and oxygen atoms in total. The Labute approximate surface area is 100 Å². The van der Waals surface area contributed by atoms with Gasteiger partial charge in [0.1, 0.15) is 6.04 Å². The quantitative estimate of drug-likeness (QED) is 0.564. The lowest BCUT2D eigenvalue weighted by Gasteiger charge is -2.24. The average Bonchev–Trinajstić information content (AvgIpc) is 2.29. The number of hydrogen-bond donors (Lipinski definition) is 4. The van der Waals surface area contributed by atoms with E-state index in [-0.39, 0.29) is 19.1 Å². The van der Waals surface area contributed by atoms with Crippen molar-refractivity contribution in [1.29, 1.82) is 0 Å². The molecule has 0 radical (unpaired) electrons. The van der Waals surface area contributed by atoms with Gasteiger partial charge in [-0.2, -0.15) is 0 Å². The first-order valence-electron chi connectivity index (χ1n) is 6.04. The van der Waals surface area contributed by atoms with Gasteiger partial charge < -0.3 is 20.8 Å². The second kappa shape index (κ2) is 7.11. The number of amides is 2. The molecule has 0 aliphatic heterocycles. The van der Waals surface area contributed by atoms with Gasteiger partial charge in [0, 0.05) is 19.1 Å². The molecule has 0 aromatic rings. The summed E-state index contributed by atoms with van der Waals surface area (Å²) in [4.78, 5) is 22.3. The zero-order valence-corrected chi connectivity index (χ0v) is 9.82. The number of urea groups is 1. The molecule has 0 heterocycles. The molecule has 0 spiro atoms. The molecular weight excluding hydrogens is 224 g/mol. The molecule has 1 saturated carbocycles. The maximum Gasteiger partial charge on any atom is 0.326 e. The summed E-state index contributed by atoms with van der Waals surface area (Å²) in [6, 6.07) is -1.34. The van der Waals surface area contributed by atoms with Crippen LogP contribution in [0.2, 0.25) is 0 Å². The summed E-state index contributed by atoms with van der Waals surface area (Å²) in [7, 11) is 0. The molecule has 98 valence electrons. The minimum atomic E-state index is -1.13. The number of hydrogen-bond acceptors (Lipinski definition) is 3. The molecule has 1 rings (SSSR count). The second-order valence-corrected chi connectivity index (χ2v) is 4.36. The van der Waals surface area contributed by atoms with E-state index in [1.165, 1.54) is 6.42 Å². The summed E-state index contributed by atoms with van der Waals surface area (Å²) in [6.45, 7) is -0.263. The average molecular weight is 244 g/mol. The number of carbonyl (C=O) groups is 2. The van der Waals surface area contributed by atoms with Crippen LogP contribution < -0.4 is 10.6 Å². The number of nitrogens with one attached hydrogen (secondary N) is 2. The molecule has 4 N–H and O–H groups in total. The Hall–Kier alpha value is -1.30. The highest BCUT2D eigenvalue weighted by Gasteiger charge is 2.21. The molecule has 1 aliphatic carbocycles. The topological polar surface area (TPSA) is 98.7 Å². The van der Waals surface area contributed by atoms with Crippen molar-refractivity contribution < 1.29 is 19.8 Å². The van der Waals surface area contributed by atoms with Gasteiger partial charge in [-0.1, -0.05) is 19.3 Å². The van der Waals surface area contributed by atoms with Gasteiger partial charge in [-0.25, -0.2) is 9.59 Å². The fourth-order valence-corrected chi connectivity index (χ4v) is 2.02. The normalized spacial score (nSPS) is 18.4. The zero-order valence-electron chi connectivity index (χ0n) is 9.82. The molecule has 17 heavy (non-hydrogen) atoms. The summed E-state index contributed by atoms with van der Waals surface area (Å²) in [5.74, 6) is -1.13. The fraction of sp³-hybridized carbons (Fsp3) is 0.818. The molecule has 0 aromatic heterocycles. The Balaban J connectivity index is 2.33. The van der Waals surface area contributed by atoms with Crippen molar-refractivity contribution >= 4 is 12.0 Å². The van der Waals surface area contributed by atoms with Gasteiger partial charge in [-0.15, -0.1) is 0 Å². The van der Waals surface area contributed by atoms with E-state index in [9.17, 15) is 9.59 Å². The Bertz CT molecular complexity index is 264. The molecule has 1 fully saturated rings. The first kappa shape index (κ1) is 13.8. The largest absolute Gasteiger partial charge is 0.480 e. The Morgan fingerprint density at radius 1 is 1.24 bits per heavy atom. The SMILES string of the molecule is O=C(NC1CCCCC1)N[C@H](CCO)C(=O)O. The maximum absolute atomic E-state index is 11.5. The molecule has 1 aliphatic rings. The van der Waals surface area contributed by atoms with Crippen LogP contribution >= 0.6 is 0 Å². The van der Waals surface area contributed by atoms with Crippen molar-refractivity contribution in [3.8, 4) is 0 Å². The number of aliphatic hydroxyl groups is 1. The summed E-state index contributed by atoms with van der Waals surface area (Å²) in [5, 5.41) is 22.6. The van der Waals surface area contributed by atoms with Crippen LogP contribution in [0.5, 0.6) is 0 Å². The lowest BCUT2D eigenvalue weighted by molar-refractivity contribution is -0.139. The Morgan fingerprint density at radius 3 is 2.41 bits per heavy atom. The number of carboxylic acid groups (broad SMARTS) is 1. The number of aliphatic carboxylic acids is 1. The van der Waals surface area contributed by atoms with Crippen LogP contribution in [0.1, 0.15) is 38.5 Å². The molecule has 1 atom stereocenters. The third kappa shape index (κ3) is 5.04. The zero-order chi connectivity index (χ0) is 12.7. The summed E-state index contributed by atoms with van der Waals surface area (Å²) in [6.07, 6.45) is 5.32. The van der Waals surface area contributed by atoms with Crippen molar-refractivity contribution in [2.24, 2.45) is 0 Å². The first-order valence-corrected chi connectivity index (χ1v) is 6.04. The van der Waals surface area contributed by atoms with E-state index in [0.29, 0.717) is 0 Å². The van der Waals surface area contributed by atoms with Gasteiger partial charge in [0.15, 0.2) is 0 Å². The molecule has 6 heteroatoms. The van der Waals surface area contributed by atoms with Gasteiger partial charge in [0.25, 0.3) is 0 Å². The van der Waals surface area contributed by atoms with Crippen LogP contribution in [0, 0.1) is 0 Å². The highest BCUT2D eigenvalue weighted by Crippen LogP contribution is 2.17. The number of aliphatic hydroxyl groups excluding tert-OH is 1. The monoisotopic (exact) mass is 244 g/mol. The van der Waals surface area contributed by atoms with E-state index in [4.69, 9.17) is 10.2 Å². The van der Waals surface area contributed by atoms with Crippen molar-refractivity contribution in [3.05, 3.63) is 0 Å². The minimum absolute atomic E-state index is 0.0213. The number of rotatable bonds is 5. The fourth-order valence-electron chi connectivity index (χ4n) is 2.02. The maximum atomic E-state index is 11.5. The van der Waals surface area contributed by atoms with Gasteiger partial charge in [-0.3, -0.25) is 0 Å². The van der Waals surface area contributed by atoms with Crippen molar-refractivity contribution in [1.82, 2.24) is 10.6 Å². The van der Waals surface area contributed by atoms with Crippen molar-refractivity contribution in [3.63, 3.8) is 0 Å². The molecule has 0 bridgehead atoms. The van der Waals surface area contributed by atoms with E-state index in [1.807, 2.05) is 0 Å². The van der Waals surface area contributed by atoms with Crippen molar-refractivity contribution in [2.45, 2.75) is 50.6 Å². The highest BCUT2D eigenvalue weighted by atomic mass is 16.4. The van der Waals surface area contributed by atoms with Gasteiger partial charge in [0.2, 0.25) is 0 Å². The Kier molecular flexibility index (Phi) is 5.76. The molecule has 0 aromatic carbocycles. The van der Waals surface area contributed by atoms with Crippen LogP contribution in [0.15, 0.2) is 0 Å². The standard InChI is InChI=1S/C11H20N2O4/c14-7-6-9(10(15)16)13-11(17)12-8-4-2-1-3-5-8/h8-9,14H,1-7H2,(H,15,16)(H2,12,13,17)/t9-/m1/s1. The minimum Gasteiger partial charge on any atom is -0.480 e. The lowest BCUT2D eigenvalue weighted by atomic mass is 9.96. The second-order valence-electron chi connectivity index (χ2n) is 4.36. The van der Waals surface area contributed by atoms with E-state index in [1.54, 1.807) is 0 Å². The van der Waals surface area contributed by atoms with Crippen LogP contribution in [-0.2, 0) is 4.79 Å². The Morgan fingerprint density at radius 2 is 1.88 bits per heavy atom. The van der Waals surface area contributed by atoms with Gasteiger partial charge in [0.05, 0.1) is 0 Å². The van der Waals surface area contributed by atoms with Crippen LogP contribution in [0.25, 0.3) is 0 Å². The molecule has 0 saturated heterocycles. The predicted molar refractivity (Wildman–Crippen MR) is 61.7 cm³/mol. The number of carbonyl (C=O) groups excluding carboxylic acids is 1. The lowest BCUT2D eigenvalue weighted by Crippen LogP contribution is -2.49. The predicted octanol–water partition coefficient (Wildman–Crippen LogP) is 0.454. The van der Waals surface area contributed by atoms with Crippen LogP contribution in [0.4, 0.5) is 4.79 Å². The first-order chi connectivity index (χ1) is 8.13. The summed E-state index contributed by atoms with van der Waals surface area (Å²) < 4.78 is 0. The number of carboxylic acids is 1. The van der Waals surface area contributed by atoms with Gasteiger partial charge in [-0.05, 0) is 12.8 Å². The van der Waals surface area contributed by atoms with Crippen LogP contribution in [0.3, 0.4) is 0 Å². The third-order valence-electron chi connectivity index (χ3n) is 2.96. The van der Waals surface area contributed by atoms with E-state index >= 15 is 0 Å². The van der Waals surface area contributed by atoms with E-state index in [0.717, 1.165) is 25.7 Å². The summed E-state index contributed by atoms with van der Waals surface area (Å²) >= 11 is 0. The smallest absolute Gasteiger partial charge is 0.326 e. The van der Waals surface area contributed by atoms with Crippen molar-refractivity contribution in [2.75, 3.05) is 6.61 Å². The summed E-state index contributed by atoms with van der Waals surface area (Å²) in [5.41, 5.74) is 0. The van der Waals surface area contributed by atoms with Gasteiger partial charge >= 0.3 is 12.0 Å². The highest BCUT2D eigenvalue weighted by molar-refractivity contribution is 5.82. The van der Waals surface area contributed by atoms with E-state index in [2.05, 4.69) is 10.6 Å². The molecule has 0 unspecified atom stereocenters. The molecular formula is C11H20N2O4. The van der Waals surface area contributed by atoms with Crippen LogP contribution in [-0.4, -0.2) is 40.9 Å². The third-order valence-corrected chi connectivity index (χ3v) is 2.96.